The van der Waals surface area contributed by atoms with E-state index in [4.69, 9.17) is 9.47 Å². The van der Waals surface area contributed by atoms with Gasteiger partial charge in [0.05, 0.1) is 19.6 Å². The van der Waals surface area contributed by atoms with Gasteiger partial charge in [0.15, 0.2) is 0 Å². The maximum absolute atomic E-state index is 12.5. The first-order chi connectivity index (χ1) is 13.1. The summed E-state index contributed by atoms with van der Waals surface area (Å²) < 4.78 is 10.6. The van der Waals surface area contributed by atoms with Crippen LogP contribution in [-0.4, -0.2) is 32.1 Å². The highest BCUT2D eigenvalue weighted by Gasteiger charge is 2.35. The third-order valence-corrected chi connectivity index (χ3v) is 4.56. The molecule has 3 rings (SSSR count). The van der Waals surface area contributed by atoms with Crippen molar-refractivity contribution in [1.82, 2.24) is 5.32 Å². The Hall–Kier alpha value is -3.02. The van der Waals surface area contributed by atoms with E-state index in [0.717, 1.165) is 22.7 Å². The van der Waals surface area contributed by atoms with Gasteiger partial charge in [0.25, 0.3) is 0 Å². The largest absolute Gasteiger partial charge is 0.497 e. The Kier molecular flexibility index (Phi) is 5.96. The van der Waals surface area contributed by atoms with E-state index in [-0.39, 0.29) is 24.2 Å². The molecule has 0 aromatic heterocycles. The summed E-state index contributed by atoms with van der Waals surface area (Å²) in [4.78, 5) is 26.5. The van der Waals surface area contributed by atoms with E-state index < -0.39 is 0 Å². The fourth-order valence-electron chi connectivity index (χ4n) is 3.14. The normalized spacial score (nSPS) is 16.3. The molecule has 142 valence electrons. The Morgan fingerprint density at radius 3 is 2.67 bits per heavy atom. The van der Waals surface area contributed by atoms with Crippen molar-refractivity contribution in [2.75, 3.05) is 25.2 Å². The zero-order chi connectivity index (χ0) is 19.2. The van der Waals surface area contributed by atoms with Gasteiger partial charge in [-0.1, -0.05) is 12.1 Å². The number of carbonyl (C=O) groups is 2. The van der Waals surface area contributed by atoms with Gasteiger partial charge in [0.2, 0.25) is 11.8 Å². The van der Waals surface area contributed by atoms with Crippen molar-refractivity contribution in [2.24, 2.45) is 5.92 Å². The molecular formula is C21H24N2O4. The molecule has 1 atom stereocenters. The van der Waals surface area contributed by atoms with Crippen LogP contribution in [-0.2, 0) is 16.1 Å². The summed E-state index contributed by atoms with van der Waals surface area (Å²) in [6, 6.07) is 14.9. The molecule has 1 aliphatic rings. The molecule has 0 radical (unpaired) electrons. The first-order valence-corrected chi connectivity index (χ1v) is 9.04. The maximum Gasteiger partial charge on any atom is 0.227 e. The lowest BCUT2D eigenvalue weighted by molar-refractivity contribution is -0.126. The molecule has 2 amide bonds. The SMILES string of the molecule is CCOc1ccc(N2CC(C(=O)NCc3cccc(OC)c3)CC2=O)cc1. The average Bonchev–Trinajstić information content (AvgIpc) is 3.09. The second-order valence-corrected chi connectivity index (χ2v) is 6.40. The second kappa shape index (κ2) is 8.58. The van der Waals surface area contributed by atoms with Crippen molar-refractivity contribution in [3.8, 4) is 11.5 Å². The van der Waals surface area contributed by atoms with E-state index >= 15 is 0 Å². The highest BCUT2D eigenvalue weighted by Crippen LogP contribution is 2.27. The van der Waals surface area contributed by atoms with E-state index in [0.29, 0.717) is 19.7 Å². The van der Waals surface area contributed by atoms with Gasteiger partial charge in [-0.3, -0.25) is 9.59 Å². The molecule has 1 N–H and O–H groups in total. The molecular weight excluding hydrogens is 344 g/mol. The molecule has 1 fully saturated rings. The lowest BCUT2D eigenvalue weighted by Gasteiger charge is -2.17. The first-order valence-electron chi connectivity index (χ1n) is 9.04. The standard InChI is InChI=1S/C21H24N2O4/c1-3-27-18-9-7-17(8-10-18)23-14-16(12-20(23)24)21(25)22-13-15-5-4-6-19(11-15)26-2/h4-11,16H,3,12-14H2,1-2H3,(H,22,25). The number of hydrogen-bond donors (Lipinski definition) is 1. The number of anilines is 1. The quantitative estimate of drug-likeness (QED) is 0.816. The number of amides is 2. The second-order valence-electron chi connectivity index (χ2n) is 6.40. The average molecular weight is 368 g/mol. The van der Waals surface area contributed by atoms with Crippen LogP contribution in [0.25, 0.3) is 0 Å². The third-order valence-electron chi connectivity index (χ3n) is 4.56. The van der Waals surface area contributed by atoms with Gasteiger partial charge in [-0.05, 0) is 48.9 Å². The minimum absolute atomic E-state index is 0.0410. The molecule has 1 saturated heterocycles. The van der Waals surface area contributed by atoms with Crippen molar-refractivity contribution >= 4 is 17.5 Å². The molecule has 6 nitrogen and oxygen atoms in total. The van der Waals surface area contributed by atoms with E-state index in [1.54, 1.807) is 12.0 Å². The number of nitrogens with one attached hydrogen (secondary N) is 1. The Labute approximate surface area is 159 Å². The number of nitrogens with zero attached hydrogens (tertiary/aromatic N) is 1. The summed E-state index contributed by atoms with van der Waals surface area (Å²) >= 11 is 0. The van der Waals surface area contributed by atoms with Crippen LogP contribution < -0.4 is 19.7 Å². The van der Waals surface area contributed by atoms with Gasteiger partial charge in [-0.15, -0.1) is 0 Å². The Bertz CT molecular complexity index is 804. The number of hydrogen-bond acceptors (Lipinski definition) is 4. The molecule has 2 aromatic carbocycles. The lowest BCUT2D eigenvalue weighted by Crippen LogP contribution is -2.32. The lowest BCUT2D eigenvalue weighted by atomic mass is 10.1. The number of benzene rings is 2. The Balaban J connectivity index is 1.58. The van der Waals surface area contributed by atoms with Crippen molar-refractivity contribution in [3.63, 3.8) is 0 Å². The molecule has 2 aromatic rings. The van der Waals surface area contributed by atoms with Gasteiger partial charge in [0.1, 0.15) is 11.5 Å². The monoisotopic (exact) mass is 368 g/mol. The first kappa shape index (κ1) is 18.8. The molecule has 0 saturated carbocycles. The van der Waals surface area contributed by atoms with Gasteiger partial charge >= 0.3 is 0 Å². The van der Waals surface area contributed by atoms with Gasteiger partial charge in [-0.25, -0.2) is 0 Å². The predicted octanol–water partition coefficient (Wildman–Crippen LogP) is 2.76. The molecule has 0 bridgehead atoms. The van der Waals surface area contributed by atoms with Crippen LogP contribution in [0.1, 0.15) is 18.9 Å². The smallest absolute Gasteiger partial charge is 0.227 e. The van der Waals surface area contributed by atoms with Crippen molar-refractivity contribution in [1.29, 1.82) is 0 Å². The van der Waals surface area contributed by atoms with Crippen LogP contribution in [0.4, 0.5) is 5.69 Å². The fourth-order valence-corrected chi connectivity index (χ4v) is 3.14. The summed E-state index contributed by atoms with van der Waals surface area (Å²) in [6.07, 6.45) is 0.219. The molecule has 6 heteroatoms. The molecule has 1 heterocycles. The molecule has 1 unspecified atom stereocenters. The predicted molar refractivity (Wildman–Crippen MR) is 103 cm³/mol. The van der Waals surface area contributed by atoms with E-state index in [2.05, 4.69) is 5.32 Å². The Morgan fingerprint density at radius 1 is 1.19 bits per heavy atom. The number of rotatable bonds is 7. The summed E-state index contributed by atoms with van der Waals surface area (Å²) in [6.45, 7) is 3.31. The third kappa shape index (κ3) is 4.58. The number of ether oxygens (including phenoxy) is 2. The van der Waals surface area contributed by atoms with Crippen LogP contribution in [0.2, 0.25) is 0 Å². The Morgan fingerprint density at radius 2 is 1.96 bits per heavy atom. The highest BCUT2D eigenvalue weighted by atomic mass is 16.5. The van der Waals surface area contributed by atoms with Crippen molar-refractivity contribution in [2.45, 2.75) is 19.9 Å². The summed E-state index contributed by atoms with van der Waals surface area (Å²) in [5, 5.41) is 2.92. The number of carbonyl (C=O) groups excluding carboxylic acids is 2. The van der Waals surface area contributed by atoms with Gasteiger partial charge in [0, 0.05) is 25.2 Å². The van der Waals surface area contributed by atoms with Crippen LogP contribution in [0, 0.1) is 5.92 Å². The van der Waals surface area contributed by atoms with Gasteiger partial charge < -0.3 is 19.7 Å². The van der Waals surface area contributed by atoms with Crippen LogP contribution in [0.3, 0.4) is 0 Å². The van der Waals surface area contributed by atoms with Crippen molar-refractivity contribution in [3.05, 3.63) is 54.1 Å². The minimum atomic E-state index is -0.352. The van der Waals surface area contributed by atoms with E-state index in [1.807, 2.05) is 55.5 Å². The van der Waals surface area contributed by atoms with Crippen LogP contribution >= 0.6 is 0 Å². The van der Waals surface area contributed by atoms with Gasteiger partial charge in [-0.2, -0.15) is 0 Å². The number of methoxy groups -OCH3 is 1. The zero-order valence-corrected chi connectivity index (χ0v) is 15.6. The molecule has 1 aliphatic heterocycles. The fraction of sp³-hybridized carbons (Fsp3) is 0.333. The van der Waals surface area contributed by atoms with E-state index in [9.17, 15) is 9.59 Å². The maximum atomic E-state index is 12.5. The summed E-state index contributed by atoms with van der Waals surface area (Å²) in [5.41, 5.74) is 1.74. The molecule has 0 spiro atoms. The molecule has 0 aliphatic carbocycles. The van der Waals surface area contributed by atoms with Crippen LogP contribution in [0.15, 0.2) is 48.5 Å². The minimum Gasteiger partial charge on any atom is -0.497 e. The summed E-state index contributed by atoms with van der Waals surface area (Å²) in [5.74, 6) is 1.01. The van der Waals surface area contributed by atoms with Crippen LogP contribution in [0.5, 0.6) is 11.5 Å². The topological polar surface area (TPSA) is 67.9 Å². The zero-order valence-electron chi connectivity index (χ0n) is 15.6. The molecule has 27 heavy (non-hydrogen) atoms. The summed E-state index contributed by atoms with van der Waals surface area (Å²) in [7, 11) is 1.61. The van der Waals surface area contributed by atoms with E-state index in [1.165, 1.54) is 0 Å². The highest BCUT2D eigenvalue weighted by molar-refractivity contribution is 6.00. The van der Waals surface area contributed by atoms with Crippen molar-refractivity contribution < 1.29 is 19.1 Å².